The fraction of sp³-hybridized carbons (Fsp3) is 0.583. The van der Waals surface area contributed by atoms with Crippen LogP contribution in [0.25, 0.3) is 0 Å². The van der Waals surface area contributed by atoms with Crippen molar-refractivity contribution < 1.29 is 4.79 Å². The number of nitrogens with zero attached hydrogens (tertiary/aromatic N) is 3. The minimum atomic E-state index is 0.0490. The highest BCUT2D eigenvalue weighted by molar-refractivity contribution is 5.73. The summed E-state index contributed by atoms with van der Waals surface area (Å²) in [5, 5.41) is 5.97. The van der Waals surface area contributed by atoms with E-state index in [2.05, 4.69) is 25.5 Å². The van der Waals surface area contributed by atoms with Crippen molar-refractivity contribution in [1.82, 2.24) is 15.3 Å². The lowest BCUT2D eigenvalue weighted by Gasteiger charge is -2.33. The average molecular weight is 249 g/mol. The third kappa shape index (κ3) is 3.09. The fourth-order valence-corrected chi connectivity index (χ4v) is 2.20. The zero-order chi connectivity index (χ0) is 13.0. The lowest BCUT2D eigenvalue weighted by atomic mass is 10.1. The van der Waals surface area contributed by atoms with Crippen molar-refractivity contribution in [2.45, 2.75) is 25.8 Å². The number of rotatable bonds is 3. The first-order chi connectivity index (χ1) is 8.69. The summed E-state index contributed by atoms with van der Waals surface area (Å²) in [6.45, 7) is 3.38. The molecule has 1 aliphatic heterocycles. The summed E-state index contributed by atoms with van der Waals surface area (Å²) in [5.74, 6) is 1.81. The van der Waals surface area contributed by atoms with Crippen LogP contribution in [0.1, 0.15) is 19.8 Å². The quantitative estimate of drug-likeness (QED) is 0.822. The monoisotopic (exact) mass is 249 g/mol. The first-order valence-electron chi connectivity index (χ1n) is 6.21. The zero-order valence-corrected chi connectivity index (χ0v) is 10.8. The highest BCUT2D eigenvalue weighted by Crippen LogP contribution is 2.19. The summed E-state index contributed by atoms with van der Waals surface area (Å²) in [4.78, 5) is 21.6. The van der Waals surface area contributed by atoms with Crippen molar-refractivity contribution in [2.24, 2.45) is 0 Å². The lowest BCUT2D eigenvalue weighted by Crippen LogP contribution is -2.44. The van der Waals surface area contributed by atoms with Crippen LogP contribution < -0.4 is 15.5 Å². The number of nitrogens with one attached hydrogen (secondary N) is 2. The van der Waals surface area contributed by atoms with E-state index in [1.54, 1.807) is 13.3 Å². The van der Waals surface area contributed by atoms with Gasteiger partial charge < -0.3 is 15.5 Å². The van der Waals surface area contributed by atoms with Crippen molar-refractivity contribution in [1.29, 1.82) is 0 Å². The summed E-state index contributed by atoms with van der Waals surface area (Å²) in [6.07, 6.45) is 3.48. The normalized spacial score (nSPS) is 16.4. The van der Waals surface area contributed by atoms with E-state index in [-0.39, 0.29) is 5.91 Å². The van der Waals surface area contributed by atoms with E-state index < -0.39 is 0 Å². The van der Waals surface area contributed by atoms with Gasteiger partial charge in [-0.1, -0.05) is 0 Å². The number of carbonyl (C=O) groups excluding carboxylic acids is 1. The molecule has 0 aliphatic carbocycles. The lowest BCUT2D eigenvalue weighted by molar-refractivity contribution is -0.119. The van der Waals surface area contributed by atoms with Crippen LogP contribution in [-0.4, -0.2) is 42.1 Å². The Morgan fingerprint density at radius 1 is 1.39 bits per heavy atom. The molecule has 0 bridgehead atoms. The molecular weight excluding hydrogens is 230 g/mol. The molecule has 0 unspecified atom stereocenters. The molecular formula is C12H19N5O. The molecule has 98 valence electrons. The molecule has 0 saturated carbocycles. The van der Waals surface area contributed by atoms with Crippen LogP contribution in [0.5, 0.6) is 0 Å². The summed E-state index contributed by atoms with van der Waals surface area (Å²) < 4.78 is 0. The number of carbonyl (C=O) groups is 1. The van der Waals surface area contributed by atoms with Gasteiger partial charge in [-0.05, 0) is 12.8 Å². The van der Waals surface area contributed by atoms with Gasteiger partial charge in [0.15, 0.2) is 0 Å². The molecule has 1 aromatic rings. The molecule has 1 aromatic heterocycles. The van der Waals surface area contributed by atoms with Gasteiger partial charge in [0.2, 0.25) is 5.91 Å². The van der Waals surface area contributed by atoms with Crippen molar-refractivity contribution in [2.75, 3.05) is 30.4 Å². The van der Waals surface area contributed by atoms with Gasteiger partial charge in [0.25, 0.3) is 0 Å². The summed E-state index contributed by atoms with van der Waals surface area (Å²) >= 11 is 0. The molecule has 2 N–H and O–H groups in total. The fourth-order valence-electron chi connectivity index (χ4n) is 2.20. The molecule has 1 aliphatic rings. The molecule has 0 spiro atoms. The van der Waals surface area contributed by atoms with Crippen molar-refractivity contribution >= 4 is 17.5 Å². The van der Waals surface area contributed by atoms with Gasteiger partial charge in [0.05, 0.1) is 0 Å². The Labute approximate surface area is 107 Å². The largest absolute Gasteiger partial charge is 0.373 e. The van der Waals surface area contributed by atoms with Crippen molar-refractivity contribution in [3.63, 3.8) is 0 Å². The van der Waals surface area contributed by atoms with Gasteiger partial charge in [0.1, 0.15) is 18.0 Å². The van der Waals surface area contributed by atoms with Crippen LogP contribution >= 0.6 is 0 Å². The number of anilines is 2. The number of aromatic nitrogens is 2. The predicted molar refractivity (Wildman–Crippen MR) is 70.6 cm³/mol. The maximum atomic E-state index is 11.0. The topological polar surface area (TPSA) is 70.2 Å². The Hall–Kier alpha value is -1.85. The first-order valence-corrected chi connectivity index (χ1v) is 6.21. The van der Waals surface area contributed by atoms with Crippen LogP contribution in [0.4, 0.5) is 11.6 Å². The third-order valence-corrected chi connectivity index (χ3v) is 3.14. The van der Waals surface area contributed by atoms with Gasteiger partial charge in [-0.15, -0.1) is 0 Å². The Bertz CT molecular complexity index is 415. The summed E-state index contributed by atoms with van der Waals surface area (Å²) in [6, 6.07) is 2.24. The number of hydrogen-bond acceptors (Lipinski definition) is 5. The number of hydrogen-bond donors (Lipinski definition) is 2. The zero-order valence-electron chi connectivity index (χ0n) is 10.8. The Kier molecular flexibility index (Phi) is 3.96. The van der Waals surface area contributed by atoms with Crippen LogP contribution in [-0.2, 0) is 4.79 Å². The van der Waals surface area contributed by atoms with E-state index in [4.69, 9.17) is 0 Å². The molecule has 2 rings (SSSR count). The average Bonchev–Trinajstić information content (AvgIpc) is 2.39. The Balaban J connectivity index is 1.94. The molecule has 1 saturated heterocycles. The second kappa shape index (κ2) is 5.66. The molecule has 1 fully saturated rings. The third-order valence-electron chi connectivity index (χ3n) is 3.14. The highest BCUT2D eigenvalue weighted by Gasteiger charge is 2.20. The second-order valence-corrected chi connectivity index (χ2v) is 4.47. The predicted octanol–water partition coefficient (Wildman–Crippen LogP) is 0.623. The van der Waals surface area contributed by atoms with Gasteiger partial charge in [0, 0.05) is 39.2 Å². The minimum absolute atomic E-state index is 0.0490. The smallest absolute Gasteiger partial charge is 0.217 e. The minimum Gasteiger partial charge on any atom is -0.373 e. The Morgan fingerprint density at radius 2 is 2.11 bits per heavy atom. The second-order valence-electron chi connectivity index (χ2n) is 4.47. The summed E-state index contributed by atoms with van der Waals surface area (Å²) in [7, 11) is 1.84. The van der Waals surface area contributed by atoms with E-state index in [9.17, 15) is 4.79 Å². The van der Waals surface area contributed by atoms with Gasteiger partial charge in [-0.3, -0.25) is 4.79 Å². The maximum Gasteiger partial charge on any atom is 0.217 e. The van der Waals surface area contributed by atoms with E-state index in [0.717, 1.165) is 37.6 Å². The standard InChI is InChI=1S/C12H19N5O/c1-9(18)16-10-3-5-17(6-4-10)12-7-11(13-2)14-8-15-12/h7-8,10H,3-6H2,1-2H3,(H,16,18)(H,13,14,15). The molecule has 18 heavy (non-hydrogen) atoms. The molecule has 0 radical (unpaired) electrons. The van der Waals surface area contributed by atoms with E-state index in [1.807, 2.05) is 13.1 Å². The van der Waals surface area contributed by atoms with E-state index in [1.165, 1.54) is 0 Å². The van der Waals surface area contributed by atoms with Gasteiger partial charge >= 0.3 is 0 Å². The SMILES string of the molecule is CNc1cc(N2CCC(NC(C)=O)CC2)ncn1. The van der Waals surface area contributed by atoms with Crippen LogP contribution in [0.3, 0.4) is 0 Å². The van der Waals surface area contributed by atoms with Crippen LogP contribution in [0.15, 0.2) is 12.4 Å². The number of amides is 1. The van der Waals surface area contributed by atoms with E-state index >= 15 is 0 Å². The van der Waals surface area contributed by atoms with Gasteiger partial charge in [-0.25, -0.2) is 9.97 Å². The molecule has 6 nitrogen and oxygen atoms in total. The number of piperidine rings is 1. The van der Waals surface area contributed by atoms with Crippen LogP contribution in [0, 0.1) is 0 Å². The molecule has 0 aromatic carbocycles. The highest BCUT2D eigenvalue weighted by atomic mass is 16.1. The molecule has 2 heterocycles. The molecule has 1 amide bonds. The molecule has 0 atom stereocenters. The molecule has 6 heteroatoms. The van der Waals surface area contributed by atoms with Crippen LogP contribution in [0.2, 0.25) is 0 Å². The van der Waals surface area contributed by atoms with E-state index in [0.29, 0.717) is 6.04 Å². The van der Waals surface area contributed by atoms with Gasteiger partial charge in [-0.2, -0.15) is 0 Å². The van der Waals surface area contributed by atoms with Crippen molar-refractivity contribution in [3.8, 4) is 0 Å². The van der Waals surface area contributed by atoms with Crippen molar-refractivity contribution in [3.05, 3.63) is 12.4 Å². The summed E-state index contributed by atoms with van der Waals surface area (Å²) in [5.41, 5.74) is 0. The maximum absolute atomic E-state index is 11.0. The Morgan fingerprint density at radius 3 is 2.72 bits per heavy atom. The first kappa shape index (κ1) is 12.6.